The Labute approximate surface area is 77.4 Å². The van der Waals surface area contributed by atoms with Crippen molar-refractivity contribution in [2.45, 2.75) is 19.9 Å². The summed E-state index contributed by atoms with van der Waals surface area (Å²) in [6.45, 7) is 3.51. The Bertz CT molecular complexity index is 310. The first-order valence-electron chi connectivity index (χ1n) is 4.13. The molecule has 0 unspecified atom stereocenters. The lowest BCUT2D eigenvalue weighted by Gasteiger charge is -2.16. The monoisotopic (exact) mass is 178 g/mol. The van der Waals surface area contributed by atoms with Crippen molar-refractivity contribution in [3.8, 4) is 0 Å². The standard InChI is InChI=1S/C10H13NO2/c1-7-4-3-5-9(6-7)11-8(2)10(12)13/h3-6,8,11H,1-2H3,(H,12,13)/p-1/t8-/m1/s1. The van der Waals surface area contributed by atoms with Gasteiger partial charge in [-0.25, -0.2) is 0 Å². The van der Waals surface area contributed by atoms with Crippen LogP contribution in [0.3, 0.4) is 0 Å². The molecular formula is C10H12NO2-. The first-order chi connectivity index (χ1) is 6.09. The Morgan fingerprint density at radius 3 is 2.77 bits per heavy atom. The molecular weight excluding hydrogens is 166 g/mol. The molecule has 1 aromatic carbocycles. The summed E-state index contributed by atoms with van der Waals surface area (Å²) in [5.41, 5.74) is 1.90. The zero-order valence-corrected chi connectivity index (χ0v) is 7.70. The van der Waals surface area contributed by atoms with E-state index in [-0.39, 0.29) is 0 Å². The summed E-state index contributed by atoms with van der Waals surface area (Å²) in [5, 5.41) is 13.2. The number of carboxylic acids is 1. The van der Waals surface area contributed by atoms with E-state index in [1.807, 2.05) is 31.2 Å². The number of carbonyl (C=O) groups excluding carboxylic acids is 1. The van der Waals surface area contributed by atoms with Crippen molar-refractivity contribution in [3.63, 3.8) is 0 Å². The second kappa shape index (κ2) is 3.94. The van der Waals surface area contributed by atoms with Crippen molar-refractivity contribution in [2.75, 3.05) is 5.32 Å². The van der Waals surface area contributed by atoms with Crippen LogP contribution in [0.4, 0.5) is 5.69 Å². The van der Waals surface area contributed by atoms with Crippen LogP contribution in [0.1, 0.15) is 12.5 Å². The fraction of sp³-hybridized carbons (Fsp3) is 0.300. The first-order valence-corrected chi connectivity index (χ1v) is 4.13. The number of carboxylic acid groups (broad SMARTS) is 1. The predicted molar refractivity (Wildman–Crippen MR) is 49.3 cm³/mol. The molecule has 0 fully saturated rings. The molecule has 0 aliphatic heterocycles. The van der Waals surface area contributed by atoms with Gasteiger partial charge in [0, 0.05) is 5.69 Å². The third-order valence-electron chi connectivity index (χ3n) is 1.75. The van der Waals surface area contributed by atoms with Gasteiger partial charge in [0.15, 0.2) is 0 Å². The van der Waals surface area contributed by atoms with E-state index in [0.717, 1.165) is 11.3 Å². The normalized spacial score (nSPS) is 12.2. The van der Waals surface area contributed by atoms with Crippen LogP contribution in [-0.4, -0.2) is 12.0 Å². The molecule has 0 spiro atoms. The predicted octanol–water partition coefficient (Wildman–Crippen LogP) is 0.545. The van der Waals surface area contributed by atoms with Gasteiger partial charge in [0.25, 0.3) is 0 Å². The van der Waals surface area contributed by atoms with Crippen LogP contribution in [0.15, 0.2) is 24.3 Å². The largest absolute Gasteiger partial charge is 0.548 e. The molecule has 1 rings (SSSR count). The molecule has 3 nitrogen and oxygen atoms in total. The van der Waals surface area contributed by atoms with E-state index in [2.05, 4.69) is 5.32 Å². The molecule has 0 amide bonds. The summed E-state index contributed by atoms with van der Waals surface area (Å²) < 4.78 is 0. The summed E-state index contributed by atoms with van der Waals surface area (Å²) in [6.07, 6.45) is 0. The fourth-order valence-corrected chi connectivity index (χ4v) is 1.04. The molecule has 70 valence electrons. The number of aryl methyl sites for hydroxylation is 1. The molecule has 3 heteroatoms. The number of hydrogen-bond donors (Lipinski definition) is 1. The molecule has 0 radical (unpaired) electrons. The van der Waals surface area contributed by atoms with Crippen molar-refractivity contribution in [1.29, 1.82) is 0 Å². The van der Waals surface area contributed by atoms with E-state index in [1.54, 1.807) is 6.92 Å². The van der Waals surface area contributed by atoms with Crippen LogP contribution in [0.5, 0.6) is 0 Å². The average Bonchev–Trinajstić information content (AvgIpc) is 2.04. The number of nitrogens with one attached hydrogen (secondary N) is 1. The molecule has 0 heterocycles. The lowest BCUT2D eigenvalue weighted by Crippen LogP contribution is -2.38. The SMILES string of the molecule is Cc1cccc(N[C@H](C)C(=O)[O-])c1. The zero-order chi connectivity index (χ0) is 9.84. The summed E-state index contributed by atoms with van der Waals surface area (Å²) in [5.74, 6) is -1.10. The minimum atomic E-state index is -1.10. The molecule has 0 aromatic heterocycles. The minimum Gasteiger partial charge on any atom is -0.548 e. The maximum absolute atomic E-state index is 10.4. The van der Waals surface area contributed by atoms with Gasteiger partial charge in [-0.05, 0) is 31.5 Å². The van der Waals surface area contributed by atoms with Crippen LogP contribution in [0, 0.1) is 6.92 Å². The van der Waals surface area contributed by atoms with Gasteiger partial charge in [0.2, 0.25) is 0 Å². The van der Waals surface area contributed by atoms with Gasteiger partial charge in [-0.15, -0.1) is 0 Å². The Balaban J connectivity index is 2.69. The van der Waals surface area contributed by atoms with Crippen LogP contribution in [-0.2, 0) is 4.79 Å². The zero-order valence-electron chi connectivity index (χ0n) is 7.70. The molecule has 0 saturated carbocycles. The number of benzene rings is 1. The van der Waals surface area contributed by atoms with Gasteiger partial charge >= 0.3 is 0 Å². The van der Waals surface area contributed by atoms with Crippen molar-refractivity contribution in [1.82, 2.24) is 0 Å². The first kappa shape index (κ1) is 9.58. The number of anilines is 1. The Hall–Kier alpha value is -1.51. The van der Waals surface area contributed by atoms with Gasteiger partial charge in [0.1, 0.15) is 0 Å². The third kappa shape index (κ3) is 2.78. The Morgan fingerprint density at radius 2 is 2.23 bits per heavy atom. The molecule has 0 bridgehead atoms. The fourth-order valence-electron chi connectivity index (χ4n) is 1.04. The molecule has 0 aliphatic carbocycles. The van der Waals surface area contributed by atoms with Gasteiger partial charge in [0.05, 0.1) is 12.0 Å². The molecule has 1 atom stereocenters. The van der Waals surface area contributed by atoms with E-state index < -0.39 is 12.0 Å². The van der Waals surface area contributed by atoms with E-state index in [4.69, 9.17) is 0 Å². The van der Waals surface area contributed by atoms with Crippen LogP contribution < -0.4 is 10.4 Å². The van der Waals surface area contributed by atoms with Crippen molar-refractivity contribution < 1.29 is 9.90 Å². The minimum absolute atomic E-state index is 0.665. The van der Waals surface area contributed by atoms with Gasteiger partial charge in [-0.2, -0.15) is 0 Å². The molecule has 1 aromatic rings. The third-order valence-corrected chi connectivity index (χ3v) is 1.75. The van der Waals surface area contributed by atoms with Crippen LogP contribution in [0.25, 0.3) is 0 Å². The molecule has 0 aliphatic rings. The Morgan fingerprint density at radius 1 is 1.54 bits per heavy atom. The van der Waals surface area contributed by atoms with E-state index in [1.165, 1.54) is 0 Å². The number of hydrogen-bond acceptors (Lipinski definition) is 3. The quantitative estimate of drug-likeness (QED) is 0.735. The van der Waals surface area contributed by atoms with E-state index in [9.17, 15) is 9.90 Å². The van der Waals surface area contributed by atoms with Crippen molar-refractivity contribution in [3.05, 3.63) is 29.8 Å². The summed E-state index contributed by atoms with van der Waals surface area (Å²) in [4.78, 5) is 10.4. The second-order valence-electron chi connectivity index (χ2n) is 3.05. The second-order valence-corrected chi connectivity index (χ2v) is 3.05. The van der Waals surface area contributed by atoms with Gasteiger partial charge in [-0.1, -0.05) is 12.1 Å². The maximum Gasteiger partial charge on any atom is 0.0634 e. The number of aliphatic carboxylic acids is 1. The molecule has 1 N–H and O–H groups in total. The van der Waals surface area contributed by atoms with Crippen LogP contribution in [0.2, 0.25) is 0 Å². The van der Waals surface area contributed by atoms with Crippen molar-refractivity contribution >= 4 is 11.7 Å². The van der Waals surface area contributed by atoms with Crippen molar-refractivity contribution in [2.24, 2.45) is 0 Å². The average molecular weight is 178 g/mol. The lowest BCUT2D eigenvalue weighted by molar-refractivity contribution is -0.306. The highest BCUT2D eigenvalue weighted by molar-refractivity contribution is 5.74. The maximum atomic E-state index is 10.4. The highest BCUT2D eigenvalue weighted by Crippen LogP contribution is 2.10. The molecule has 0 saturated heterocycles. The van der Waals surface area contributed by atoms with E-state index in [0.29, 0.717) is 0 Å². The Kier molecular flexibility index (Phi) is 2.90. The highest BCUT2D eigenvalue weighted by Gasteiger charge is 2.01. The summed E-state index contributed by atoms with van der Waals surface area (Å²) >= 11 is 0. The molecule has 13 heavy (non-hydrogen) atoms. The lowest BCUT2D eigenvalue weighted by atomic mass is 10.2. The summed E-state index contributed by atoms with van der Waals surface area (Å²) in [6, 6.07) is 6.88. The van der Waals surface area contributed by atoms with Gasteiger partial charge in [-0.3, -0.25) is 0 Å². The smallest absolute Gasteiger partial charge is 0.0634 e. The topological polar surface area (TPSA) is 52.2 Å². The highest BCUT2D eigenvalue weighted by atomic mass is 16.4. The van der Waals surface area contributed by atoms with Crippen LogP contribution >= 0.6 is 0 Å². The summed E-state index contributed by atoms with van der Waals surface area (Å²) in [7, 11) is 0. The number of carbonyl (C=O) groups is 1. The number of rotatable bonds is 3. The van der Waals surface area contributed by atoms with E-state index >= 15 is 0 Å². The van der Waals surface area contributed by atoms with Gasteiger partial charge < -0.3 is 15.2 Å².